The van der Waals surface area contributed by atoms with E-state index in [0.717, 1.165) is 11.3 Å². The number of ether oxygens (including phenoxy) is 1. The number of aromatic nitrogens is 4. The van der Waals surface area contributed by atoms with Crippen molar-refractivity contribution in [1.29, 1.82) is 0 Å². The number of benzene rings is 2. The normalized spacial score (nSPS) is 14.8. The lowest BCUT2D eigenvalue weighted by Gasteiger charge is -2.42. The van der Waals surface area contributed by atoms with Gasteiger partial charge in [0.25, 0.3) is 0 Å². The van der Waals surface area contributed by atoms with Crippen molar-refractivity contribution in [2.75, 3.05) is 43.5 Å². The van der Waals surface area contributed by atoms with Crippen LogP contribution in [0.2, 0.25) is 15.2 Å². The molecule has 0 aliphatic carbocycles. The summed E-state index contributed by atoms with van der Waals surface area (Å²) in [5.41, 5.74) is 1.59. The van der Waals surface area contributed by atoms with E-state index in [0.29, 0.717) is 53.6 Å². The largest absolute Gasteiger partial charge is 0.497 e. The van der Waals surface area contributed by atoms with Gasteiger partial charge < -0.3 is 25.2 Å². The summed E-state index contributed by atoms with van der Waals surface area (Å²) in [5.74, 6) is 1.52. The van der Waals surface area contributed by atoms with Crippen molar-refractivity contribution in [2.24, 2.45) is 0 Å². The summed E-state index contributed by atoms with van der Waals surface area (Å²) in [6.07, 6.45) is 5.70. The van der Waals surface area contributed by atoms with Crippen LogP contribution >= 0.6 is 34.8 Å². The van der Waals surface area contributed by atoms with Gasteiger partial charge in [-0.05, 0) is 42.3 Å². The average molecular weight is 644 g/mol. The number of halogens is 3. The van der Waals surface area contributed by atoms with Gasteiger partial charge in [-0.2, -0.15) is 4.98 Å². The van der Waals surface area contributed by atoms with Gasteiger partial charge in [0, 0.05) is 56.7 Å². The van der Waals surface area contributed by atoms with E-state index in [9.17, 15) is 9.59 Å². The van der Waals surface area contributed by atoms with E-state index in [1.54, 1.807) is 59.6 Å². The second kappa shape index (κ2) is 13.9. The number of carbonyl (C=O) groups is 2. The fraction of sp³-hybridized carbons (Fsp3) is 0.276. The number of piperazine rings is 1. The third-order valence-electron chi connectivity index (χ3n) is 6.96. The summed E-state index contributed by atoms with van der Waals surface area (Å²) in [6, 6.07) is 13.5. The Hall–Kier alpha value is -4.06. The van der Waals surface area contributed by atoms with Crippen molar-refractivity contribution in [1.82, 2.24) is 29.7 Å². The molecule has 224 valence electrons. The van der Waals surface area contributed by atoms with Crippen LogP contribution < -0.4 is 20.3 Å². The highest BCUT2D eigenvalue weighted by Gasteiger charge is 2.32. The molecule has 3 heterocycles. The van der Waals surface area contributed by atoms with Crippen molar-refractivity contribution in [3.8, 4) is 11.7 Å². The smallest absolute Gasteiger partial charge is 0.321 e. The lowest BCUT2D eigenvalue weighted by molar-refractivity contribution is -0.121. The van der Waals surface area contributed by atoms with E-state index in [1.807, 2.05) is 29.2 Å². The van der Waals surface area contributed by atoms with E-state index in [1.165, 1.54) is 0 Å². The molecule has 14 heteroatoms. The molecule has 5 rings (SSSR count). The SMILES string of the molecule is COc1ccc(CCNC(=O)CC2CN(C(=O)Nc3ccc(Cl)c(Cl)c3)CCN2c2cc(Cl)nc(-n3ccnc3)n2)cc1. The van der Waals surface area contributed by atoms with Gasteiger partial charge in [0.15, 0.2) is 0 Å². The molecule has 3 amide bonds. The Morgan fingerprint density at radius 1 is 1.02 bits per heavy atom. The first-order chi connectivity index (χ1) is 20.8. The average Bonchev–Trinajstić information content (AvgIpc) is 3.54. The molecule has 2 aromatic heterocycles. The van der Waals surface area contributed by atoms with Gasteiger partial charge in [0.2, 0.25) is 11.9 Å². The van der Waals surface area contributed by atoms with Crippen molar-refractivity contribution in [2.45, 2.75) is 18.9 Å². The quantitative estimate of drug-likeness (QED) is 0.244. The van der Waals surface area contributed by atoms with Crippen LogP contribution in [0.4, 0.5) is 16.3 Å². The minimum atomic E-state index is -0.393. The highest BCUT2D eigenvalue weighted by molar-refractivity contribution is 6.42. The molecule has 0 bridgehead atoms. The van der Waals surface area contributed by atoms with E-state index in [4.69, 9.17) is 44.5 Å². The van der Waals surface area contributed by atoms with Crippen molar-refractivity contribution in [3.05, 3.63) is 88.0 Å². The van der Waals surface area contributed by atoms with Gasteiger partial charge in [-0.15, -0.1) is 0 Å². The molecule has 0 radical (unpaired) electrons. The molecule has 1 saturated heterocycles. The van der Waals surface area contributed by atoms with Gasteiger partial charge in [0.1, 0.15) is 23.0 Å². The van der Waals surface area contributed by atoms with Crippen LogP contribution in [-0.2, 0) is 11.2 Å². The molecule has 2 N–H and O–H groups in total. The minimum Gasteiger partial charge on any atom is -0.497 e. The molecule has 1 atom stereocenters. The number of nitrogens with zero attached hydrogens (tertiary/aromatic N) is 6. The first-order valence-electron chi connectivity index (χ1n) is 13.5. The predicted octanol–water partition coefficient (Wildman–Crippen LogP) is 5.10. The fourth-order valence-corrected chi connectivity index (χ4v) is 5.22. The molecule has 1 fully saturated rings. The topological polar surface area (TPSA) is 118 Å². The van der Waals surface area contributed by atoms with Gasteiger partial charge in [0.05, 0.1) is 23.2 Å². The summed E-state index contributed by atoms with van der Waals surface area (Å²) in [5, 5.41) is 6.85. The summed E-state index contributed by atoms with van der Waals surface area (Å²) in [4.78, 5) is 43.1. The highest BCUT2D eigenvalue weighted by atomic mass is 35.5. The number of amides is 3. The summed E-state index contributed by atoms with van der Waals surface area (Å²) in [6.45, 7) is 1.52. The highest BCUT2D eigenvalue weighted by Crippen LogP contribution is 2.27. The molecular weight excluding hydrogens is 615 g/mol. The van der Waals surface area contributed by atoms with E-state index >= 15 is 0 Å². The molecule has 0 spiro atoms. The van der Waals surface area contributed by atoms with Crippen LogP contribution in [0.5, 0.6) is 5.75 Å². The van der Waals surface area contributed by atoms with Gasteiger partial charge in [-0.1, -0.05) is 46.9 Å². The zero-order valence-electron chi connectivity index (χ0n) is 23.2. The Morgan fingerprint density at radius 2 is 1.84 bits per heavy atom. The molecule has 4 aromatic rings. The number of anilines is 2. The monoisotopic (exact) mass is 642 g/mol. The van der Waals surface area contributed by atoms with Crippen molar-refractivity contribution >= 4 is 58.2 Å². The molecule has 2 aromatic carbocycles. The second-order valence-electron chi connectivity index (χ2n) is 9.82. The van der Waals surface area contributed by atoms with Crippen LogP contribution in [0.3, 0.4) is 0 Å². The summed E-state index contributed by atoms with van der Waals surface area (Å²) >= 11 is 18.5. The van der Waals surface area contributed by atoms with Crippen LogP contribution in [0.15, 0.2) is 67.3 Å². The fourth-order valence-electron chi connectivity index (χ4n) is 4.75. The number of imidazole rings is 1. The van der Waals surface area contributed by atoms with Crippen LogP contribution in [-0.4, -0.2) is 75.7 Å². The molecule has 1 aliphatic heterocycles. The maximum Gasteiger partial charge on any atom is 0.321 e. The standard InChI is InChI=1S/C29H29Cl3N8O3/c1-43-22-5-2-19(3-6-22)8-9-34-27(41)15-21-17-38(29(42)35-20-4-7-23(30)24(31)14-20)12-13-40(21)26-16-25(32)36-28(37-26)39-11-10-33-18-39/h2-7,10-11,14,16,18,21H,8-9,12-13,15,17H2,1H3,(H,34,41)(H,35,42). The van der Waals surface area contributed by atoms with E-state index in [2.05, 4.69) is 20.6 Å². The van der Waals surface area contributed by atoms with Gasteiger partial charge in [-0.25, -0.2) is 14.8 Å². The van der Waals surface area contributed by atoms with E-state index in [-0.39, 0.29) is 30.1 Å². The number of urea groups is 1. The first kappa shape index (κ1) is 30.4. The molecule has 1 aliphatic rings. The third-order valence-corrected chi connectivity index (χ3v) is 7.89. The maximum absolute atomic E-state index is 13.2. The van der Waals surface area contributed by atoms with Crippen LogP contribution in [0, 0.1) is 0 Å². The zero-order valence-corrected chi connectivity index (χ0v) is 25.5. The Bertz CT molecular complexity index is 1570. The minimum absolute atomic E-state index is 0.126. The number of rotatable bonds is 9. The number of methoxy groups -OCH3 is 1. The van der Waals surface area contributed by atoms with Crippen molar-refractivity contribution < 1.29 is 14.3 Å². The lowest BCUT2D eigenvalue weighted by atomic mass is 10.1. The Kier molecular flexibility index (Phi) is 9.86. The summed E-state index contributed by atoms with van der Waals surface area (Å²) < 4.78 is 6.86. The second-order valence-corrected chi connectivity index (χ2v) is 11.0. The molecule has 1 unspecified atom stereocenters. The van der Waals surface area contributed by atoms with Gasteiger partial charge >= 0.3 is 6.03 Å². The molecule has 0 saturated carbocycles. The molecule has 11 nitrogen and oxygen atoms in total. The van der Waals surface area contributed by atoms with Crippen molar-refractivity contribution in [3.63, 3.8) is 0 Å². The Morgan fingerprint density at radius 3 is 2.56 bits per heavy atom. The Labute approximate surface area is 263 Å². The third kappa shape index (κ3) is 7.86. The number of nitrogens with one attached hydrogen (secondary N) is 2. The molecular formula is C29H29Cl3N8O3. The zero-order chi connectivity index (χ0) is 30.3. The van der Waals surface area contributed by atoms with E-state index < -0.39 is 6.04 Å². The Balaban J connectivity index is 1.30. The van der Waals surface area contributed by atoms with Gasteiger partial charge in [-0.3, -0.25) is 9.36 Å². The lowest BCUT2D eigenvalue weighted by Crippen LogP contribution is -2.57. The number of hydrogen-bond donors (Lipinski definition) is 2. The van der Waals surface area contributed by atoms with Crippen LogP contribution in [0.25, 0.3) is 5.95 Å². The summed E-state index contributed by atoms with van der Waals surface area (Å²) in [7, 11) is 1.62. The first-order valence-corrected chi connectivity index (χ1v) is 14.6. The molecule has 43 heavy (non-hydrogen) atoms. The van der Waals surface area contributed by atoms with Crippen LogP contribution in [0.1, 0.15) is 12.0 Å². The predicted molar refractivity (Wildman–Crippen MR) is 167 cm³/mol. The number of carbonyl (C=O) groups excluding carboxylic acids is 2. The maximum atomic E-state index is 13.2. The number of hydrogen-bond acceptors (Lipinski definition) is 7.